The number of sulfonamides is 1. The average Bonchev–Trinajstić information content (AvgIpc) is 3.16. The van der Waals surface area contributed by atoms with Gasteiger partial charge in [-0.2, -0.15) is 0 Å². The van der Waals surface area contributed by atoms with Crippen molar-refractivity contribution < 1.29 is 22.0 Å². The van der Waals surface area contributed by atoms with Crippen molar-refractivity contribution in [3.05, 3.63) is 29.3 Å². The third-order valence-corrected chi connectivity index (χ3v) is 4.04. The summed E-state index contributed by atoms with van der Waals surface area (Å²) in [6.45, 7) is 2.05. The molecule has 8 heteroatoms. The normalized spacial score (nSPS) is 15.2. The Labute approximate surface area is 115 Å². The number of nitrogens with zero attached hydrogens (tertiary/aromatic N) is 1. The SMILES string of the molecule is CCN(C(=O)c1cc(S(N)(=O)=O)cc(F)c1F)C1CC1. The van der Waals surface area contributed by atoms with Gasteiger partial charge in [-0.05, 0) is 31.9 Å². The van der Waals surface area contributed by atoms with Gasteiger partial charge in [0.25, 0.3) is 5.91 Å². The lowest BCUT2D eigenvalue weighted by atomic mass is 10.1. The highest BCUT2D eigenvalue weighted by atomic mass is 32.2. The van der Waals surface area contributed by atoms with Crippen LogP contribution in [0.4, 0.5) is 8.78 Å². The first-order valence-corrected chi connectivity index (χ1v) is 7.63. The molecule has 0 spiro atoms. The average molecular weight is 304 g/mol. The Morgan fingerprint density at radius 2 is 2.00 bits per heavy atom. The molecule has 1 amide bonds. The summed E-state index contributed by atoms with van der Waals surface area (Å²) >= 11 is 0. The Hall–Kier alpha value is -1.54. The summed E-state index contributed by atoms with van der Waals surface area (Å²) in [5, 5.41) is 4.88. The zero-order chi connectivity index (χ0) is 15.1. The number of primary sulfonamides is 1. The smallest absolute Gasteiger partial charge is 0.257 e. The van der Waals surface area contributed by atoms with Crippen LogP contribution in [0.5, 0.6) is 0 Å². The first-order chi connectivity index (χ1) is 9.25. The molecule has 20 heavy (non-hydrogen) atoms. The van der Waals surface area contributed by atoms with Crippen molar-refractivity contribution in [2.45, 2.75) is 30.7 Å². The van der Waals surface area contributed by atoms with Gasteiger partial charge >= 0.3 is 0 Å². The summed E-state index contributed by atoms with van der Waals surface area (Å²) in [4.78, 5) is 13.0. The van der Waals surface area contributed by atoms with Gasteiger partial charge < -0.3 is 4.90 Å². The number of halogens is 2. The number of carbonyl (C=O) groups excluding carboxylic acids is 1. The first-order valence-electron chi connectivity index (χ1n) is 6.08. The second kappa shape index (κ2) is 5.10. The minimum Gasteiger partial charge on any atom is -0.336 e. The summed E-state index contributed by atoms with van der Waals surface area (Å²) < 4.78 is 49.6. The molecule has 1 aromatic rings. The lowest BCUT2D eigenvalue weighted by Gasteiger charge is -2.21. The van der Waals surface area contributed by atoms with Gasteiger partial charge in [-0.15, -0.1) is 0 Å². The highest BCUT2D eigenvalue weighted by Crippen LogP contribution is 2.29. The molecule has 1 aliphatic carbocycles. The van der Waals surface area contributed by atoms with Crippen molar-refractivity contribution in [2.75, 3.05) is 6.54 Å². The van der Waals surface area contributed by atoms with Crippen LogP contribution in [0.2, 0.25) is 0 Å². The Bertz CT molecular complexity index is 657. The van der Waals surface area contributed by atoms with E-state index >= 15 is 0 Å². The van der Waals surface area contributed by atoms with Crippen molar-refractivity contribution in [1.29, 1.82) is 0 Å². The van der Waals surface area contributed by atoms with Crippen LogP contribution in [-0.2, 0) is 10.0 Å². The molecule has 0 saturated heterocycles. The molecule has 1 fully saturated rings. The number of hydrogen-bond acceptors (Lipinski definition) is 3. The molecule has 1 saturated carbocycles. The van der Waals surface area contributed by atoms with E-state index in [4.69, 9.17) is 5.14 Å². The molecular formula is C12H14F2N2O3S. The Kier molecular flexibility index (Phi) is 3.79. The minimum absolute atomic E-state index is 0.00750. The fourth-order valence-corrected chi connectivity index (χ4v) is 2.54. The van der Waals surface area contributed by atoms with Crippen LogP contribution in [-0.4, -0.2) is 31.8 Å². The number of carbonyl (C=O) groups is 1. The molecular weight excluding hydrogens is 290 g/mol. The van der Waals surface area contributed by atoms with E-state index in [1.54, 1.807) is 6.92 Å². The summed E-state index contributed by atoms with van der Waals surface area (Å²) in [7, 11) is -4.21. The first kappa shape index (κ1) is 14.9. The molecule has 1 aromatic carbocycles. The molecule has 1 aliphatic rings. The van der Waals surface area contributed by atoms with Crippen LogP contribution in [0.25, 0.3) is 0 Å². The van der Waals surface area contributed by atoms with E-state index in [2.05, 4.69) is 0 Å². The van der Waals surface area contributed by atoms with E-state index in [1.807, 2.05) is 0 Å². The third-order valence-electron chi connectivity index (χ3n) is 3.15. The molecule has 5 nitrogen and oxygen atoms in total. The molecule has 0 radical (unpaired) electrons. The van der Waals surface area contributed by atoms with Gasteiger partial charge in [0.15, 0.2) is 11.6 Å². The van der Waals surface area contributed by atoms with Gasteiger partial charge in [-0.3, -0.25) is 4.79 Å². The lowest BCUT2D eigenvalue weighted by Crippen LogP contribution is -2.33. The topological polar surface area (TPSA) is 80.5 Å². The van der Waals surface area contributed by atoms with Crippen molar-refractivity contribution in [1.82, 2.24) is 4.90 Å². The van der Waals surface area contributed by atoms with Crippen LogP contribution in [0.1, 0.15) is 30.1 Å². The van der Waals surface area contributed by atoms with Gasteiger partial charge in [-0.25, -0.2) is 22.3 Å². The van der Waals surface area contributed by atoms with E-state index in [1.165, 1.54) is 4.90 Å². The van der Waals surface area contributed by atoms with Crippen molar-refractivity contribution in [2.24, 2.45) is 5.14 Å². The maximum atomic E-state index is 13.7. The van der Waals surface area contributed by atoms with Crippen LogP contribution >= 0.6 is 0 Å². The van der Waals surface area contributed by atoms with E-state index in [0.717, 1.165) is 18.9 Å². The van der Waals surface area contributed by atoms with Crippen molar-refractivity contribution >= 4 is 15.9 Å². The van der Waals surface area contributed by atoms with Crippen molar-refractivity contribution in [3.63, 3.8) is 0 Å². The van der Waals surface area contributed by atoms with Crippen LogP contribution < -0.4 is 5.14 Å². The monoisotopic (exact) mass is 304 g/mol. The predicted octanol–water partition coefficient (Wildman–Crippen LogP) is 1.24. The highest BCUT2D eigenvalue weighted by molar-refractivity contribution is 7.89. The number of amides is 1. The van der Waals surface area contributed by atoms with Crippen LogP contribution in [0, 0.1) is 11.6 Å². The molecule has 0 heterocycles. The van der Waals surface area contributed by atoms with Gasteiger partial charge in [-0.1, -0.05) is 0 Å². The fraction of sp³-hybridized carbons (Fsp3) is 0.417. The Balaban J connectivity index is 2.49. The Morgan fingerprint density at radius 3 is 2.45 bits per heavy atom. The summed E-state index contributed by atoms with van der Waals surface area (Å²) in [5.74, 6) is -3.50. The minimum atomic E-state index is -4.21. The van der Waals surface area contributed by atoms with E-state index in [0.29, 0.717) is 12.6 Å². The zero-order valence-electron chi connectivity index (χ0n) is 10.8. The molecule has 0 aromatic heterocycles. The summed E-state index contributed by atoms with van der Waals surface area (Å²) in [6, 6.07) is 1.25. The standard InChI is InChI=1S/C12H14F2N2O3S/c1-2-16(7-3-4-7)12(17)9-5-8(20(15,18)19)6-10(13)11(9)14/h5-7H,2-4H2,1H3,(H2,15,18,19). The fourth-order valence-electron chi connectivity index (χ4n) is 1.99. The van der Waals surface area contributed by atoms with E-state index in [-0.39, 0.29) is 6.04 Å². The van der Waals surface area contributed by atoms with Crippen molar-refractivity contribution in [3.8, 4) is 0 Å². The molecule has 2 N–H and O–H groups in total. The van der Waals surface area contributed by atoms with Crippen LogP contribution in [0.15, 0.2) is 17.0 Å². The molecule has 110 valence electrons. The van der Waals surface area contributed by atoms with Crippen LogP contribution in [0.3, 0.4) is 0 Å². The maximum absolute atomic E-state index is 13.7. The van der Waals surface area contributed by atoms with E-state index < -0.39 is 38.0 Å². The van der Waals surface area contributed by atoms with Gasteiger partial charge in [0.1, 0.15) is 0 Å². The zero-order valence-corrected chi connectivity index (χ0v) is 11.6. The lowest BCUT2D eigenvalue weighted by molar-refractivity contribution is 0.0746. The highest BCUT2D eigenvalue weighted by Gasteiger charge is 2.34. The molecule has 0 atom stereocenters. The maximum Gasteiger partial charge on any atom is 0.257 e. The van der Waals surface area contributed by atoms with Gasteiger partial charge in [0.05, 0.1) is 10.5 Å². The molecule has 0 bridgehead atoms. The van der Waals surface area contributed by atoms with Gasteiger partial charge in [0, 0.05) is 12.6 Å². The molecule has 2 rings (SSSR count). The number of benzene rings is 1. The quantitative estimate of drug-likeness (QED) is 0.908. The van der Waals surface area contributed by atoms with Gasteiger partial charge in [0.2, 0.25) is 10.0 Å². The Morgan fingerprint density at radius 1 is 1.40 bits per heavy atom. The number of hydrogen-bond donors (Lipinski definition) is 1. The summed E-state index contributed by atoms with van der Waals surface area (Å²) in [5.41, 5.74) is -0.609. The van der Waals surface area contributed by atoms with E-state index in [9.17, 15) is 22.0 Å². The second-order valence-electron chi connectivity index (χ2n) is 4.63. The third kappa shape index (κ3) is 2.80. The molecule has 0 unspecified atom stereocenters. The summed E-state index contributed by atoms with van der Waals surface area (Å²) in [6.07, 6.45) is 1.61. The number of nitrogens with two attached hydrogens (primary N) is 1. The number of rotatable bonds is 4. The predicted molar refractivity (Wildman–Crippen MR) is 67.5 cm³/mol. The molecule has 0 aliphatic heterocycles. The second-order valence-corrected chi connectivity index (χ2v) is 6.20. The largest absolute Gasteiger partial charge is 0.336 e.